The Morgan fingerprint density at radius 1 is 1.21 bits per heavy atom. The first-order valence-electron chi connectivity index (χ1n) is 11.2. The van der Waals surface area contributed by atoms with Gasteiger partial charge in [-0.3, -0.25) is 4.79 Å². The molecule has 1 aliphatic heterocycles. The molecule has 0 bridgehead atoms. The summed E-state index contributed by atoms with van der Waals surface area (Å²) in [5.41, 5.74) is 2.10. The molecule has 1 saturated heterocycles. The van der Waals surface area contributed by atoms with Crippen LogP contribution in [0.25, 0.3) is 0 Å². The second-order valence-corrected chi connectivity index (χ2v) is 11.2. The topological polar surface area (TPSA) is 38.3 Å². The van der Waals surface area contributed by atoms with Crippen molar-refractivity contribution >= 4 is 29.4 Å². The van der Waals surface area contributed by atoms with Crippen molar-refractivity contribution < 1.29 is 22.7 Å². The SMILES string of the molecule is CO[C@@H](Cc1ccccc1)[C@@H](C)/C=C(C)/C=C/[C@H](NC(=O)C(F)(F)F)[C@H](C)C1SCCCS1. The maximum Gasteiger partial charge on any atom is 0.471 e. The van der Waals surface area contributed by atoms with Crippen molar-refractivity contribution in [1.82, 2.24) is 5.32 Å². The predicted octanol–water partition coefficient (Wildman–Crippen LogP) is 6.26. The largest absolute Gasteiger partial charge is 0.471 e. The van der Waals surface area contributed by atoms with Gasteiger partial charge in [-0.25, -0.2) is 0 Å². The molecule has 1 amide bonds. The van der Waals surface area contributed by atoms with Gasteiger partial charge >= 0.3 is 12.1 Å². The van der Waals surface area contributed by atoms with E-state index in [1.54, 1.807) is 36.7 Å². The summed E-state index contributed by atoms with van der Waals surface area (Å²) in [5.74, 6) is 0.0408. The van der Waals surface area contributed by atoms with Crippen molar-refractivity contribution in [1.29, 1.82) is 0 Å². The second-order valence-electron chi connectivity index (χ2n) is 8.41. The minimum atomic E-state index is -4.90. The molecule has 1 fully saturated rings. The molecule has 1 aromatic rings. The van der Waals surface area contributed by atoms with Gasteiger partial charge in [0.05, 0.1) is 16.7 Å². The zero-order valence-electron chi connectivity index (χ0n) is 19.6. The number of ether oxygens (including phenoxy) is 1. The van der Waals surface area contributed by atoms with Gasteiger partial charge in [0.2, 0.25) is 0 Å². The highest BCUT2D eigenvalue weighted by Gasteiger charge is 2.41. The van der Waals surface area contributed by atoms with Gasteiger partial charge in [-0.15, -0.1) is 23.5 Å². The van der Waals surface area contributed by atoms with Crippen LogP contribution in [0.15, 0.2) is 54.1 Å². The summed E-state index contributed by atoms with van der Waals surface area (Å²) >= 11 is 3.50. The van der Waals surface area contributed by atoms with E-state index in [0.29, 0.717) is 0 Å². The van der Waals surface area contributed by atoms with Crippen molar-refractivity contribution in [2.45, 2.75) is 56.5 Å². The van der Waals surface area contributed by atoms with Crippen LogP contribution in [0.5, 0.6) is 0 Å². The molecule has 1 aliphatic rings. The third-order valence-electron chi connectivity index (χ3n) is 5.67. The summed E-state index contributed by atoms with van der Waals surface area (Å²) in [7, 11) is 1.69. The number of rotatable bonds is 10. The van der Waals surface area contributed by atoms with Crippen LogP contribution < -0.4 is 5.32 Å². The van der Waals surface area contributed by atoms with E-state index in [4.69, 9.17) is 4.74 Å². The molecular weight excluding hydrogens is 467 g/mol. The average molecular weight is 502 g/mol. The highest BCUT2D eigenvalue weighted by atomic mass is 32.2. The summed E-state index contributed by atoms with van der Waals surface area (Å²) in [6, 6.07) is 9.38. The maximum absolute atomic E-state index is 12.9. The summed E-state index contributed by atoms with van der Waals surface area (Å²) in [4.78, 5) is 11.7. The van der Waals surface area contributed by atoms with Gasteiger partial charge in [0.1, 0.15) is 0 Å². The molecular formula is C25H34F3NO2S2. The molecule has 0 aromatic heterocycles. The van der Waals surface area contributed by atoms with E-state index in [1.807, 2.05) is 38.1 Å². The number of nitrogens with one attached hydrogen (secondary N) is 1. The first-order chi connectivity index (χ1) is 15.6. The van der Waals surface area contributed by atoms with E-state index in [1.165, 1.54) is 5.56 Å². The number of alkyl halides is 3. The molecule has 2 rings (SSSR count). The Morgan fingerprint density at radius 2 is 1.85 bits per heavy atom. The average Bonchev–Trinajstić information content (AvgIpc) is 2.80. The fraction of sp³-hybridized carbons (Fsp3) is 0.560. The Bertz CT molecular complexity index is 793. The van der Waals surface area contributed by atoms with Crippen molar-refractivity contribution in [3.05, 3.63) is 59.7 Å². The summed E-state index contributed by atoms with van der Waals surface area (Å²) < 4.78 is 44.6. The minimum absolute atomic E-state index is 0.0227. The Morgan fingerprint density at radius 3 is 2.42 bits per heavy atom. The molecule has 1 heterocycles. The summed E-state index contributed by atoms with van der Waals surface area (Å²) in [6.07, 6.45) is 2.50. The van der Waals surface area contributed by atoms with E-state index in [-0.39, 0.29) is 22.5 Å². The highest BCUT2D eigenvalue weighted by Crippen LogP contribution is 2.37. The summed E-state index contributed by atoms with van der Waals surface area (Å²) in [6.45, 7) is 5.89. The third-order valence-corrected chi connectivity index (χ3v) is 9.05. The maximum atomic E-state index is 12.9. The molecule has 184 valence electrons. The lowest BCUT2D eigenvalue weighted by atomic mass is 9.95. The van der Waals surface area contributed by atoms with Crippen LogP contribution in [0.1, 0.15) is 32.8 Å². The van der Waals surface area contributed by atoms with Crippen LogP contribution >= 0.6 is 23.5 Å². The number of hydrogen-bond donors (Lipinski definition) is 1. The van der Waals surface area contributed by atoms with Crippen molar-refractivity contribution in [2.24, 2.45) is 11.8 Å². The number of amides is 1. The standard InChI is InChI=1S/C25H34F3NO2S2/c1-17(15-18(2)22(31-4)16-20-9-6-5-7-10-20)11-12-21(29-24(30)25(26,27)28)19(3)23-32-13-8-14-33-23/h5-7,9-12,15,18-19,21-23H,8,13-14,16H2,1-4H3,(H,29,30)/b12-11+,17-15+/t18-,19-,21-,22-/m0/s1. The first-order valence-corrected chi connectivity index (χ1v) is 13.3. The number of carbonyl (C=O) groups is 1. The number of halogens is 3. The molecule has 1 aromatic carbocycles. The lowest BCUT2D eigenvalue weighted by Gasteiger charge is -2.32. The van der Waals surface area contributed by atoms with E-state index in [2.05, 4.69) is 30.4 Å². The number of methoxy groups -OCH3 is 1. The van der Waals surface area contributed by atoms with Crippen LogP contribution in [0.2, 0.25) is 0 Å². The first kappa shape index (κ1) is 27.9. The van der Waals surface area contributed by atoms with Crippen molar-refractivity contribution in [3.63, 3.8) is 0 Å². The Kier molecular flexibility index (Phi) is 11.4. The number of benzene rings is 1. The molecule has 0 spiro atoms. The van der Waals surface area contributed by atoms with Gasteiger partial charge in [0.25, 0.3) is 0 Å². The number of thioether (sulfide) groups is 2. The van der Waals surface area contributed by atoms with E-state index >= 15 is 0 Å². The zero-order valence-corrected chi connectivity index (χ0v) is 21.2. The highest BCUT2D eigenvalue weighted by molar-refractivity contribution is 8.17. The molecule has 0 aliphatic carbocycles. The Labute approximate surface area is 204 Å². The number of carbonyl (C=O) groups excluding carboxylic acids is 1. The lowest BCUT2D eigenvalue weighted by molar-refractivity contribution is -0.174. The monoisotopic (exact) mass is 501 g/mol. The zero-order chi connectivity index (χ0) is 24.4. The lowest BCUT2D eigenvalue weighted by Crippen LogP contribution is -2.47. The normalized spacial score (nSPS) is 19.8. The van der Waals surface area contributed by atoms with Crippen LogP contribution in [-0.4, -0.2) is 47.4 Å². The van der Waals surface area contributed by atoms with E-state index < -0.39 is 18.1 Å². The van der Waals surface area contributed by atoms with Gasteiger partial charge in [-0.05, 0) is 36.8 Å². The second kappa shape index (κ2) is 13.5. The Hall–Kier alpha value is -1.38. The fourth-order valence-corrected chi connectivity index (χ4v) is 6.91. The van der Waals surface area contributed by atoms with Gasteiger partial charge in [0.15, 0.2) is 0 Å². The van der Waals surface area contributed by atoms with Crippen LogP contribution in [-0.2, 0) is 16.0 Å². The van der Waals surface area contributed by atoms with Gasteiger partial charge < -0.3 is 10.1 Å². The quantitative estimate of drug-likeness (QED) is 0.384. The predicted molar refractivity (Wildman–Crippen MR) is 133 cm³/mol. The van der Waals surface area contributed by atoms with Crippen molar-refractivity contribution in [2.75, 3.05) is 18.6 Å². The molecule has 8 heteroatoms. The van der Waals surface area contributed by atoms with Gasteiger partial charge in [0, 0.05) is 18.9 Å². The van der Waals surface area contributed by atoms with Crippen LogP contribution in [0, 0.1) is 11.8 Å². The van der Waals surface area contributed by atoms with Gasteiger partial charge in [-0.1, -0.05) is 68.0 Å². The van der Waals surface area contributed by atoms with Gasteiger partial charge in [-0.2, -0.15) is 13.2 Å². The molecule has 3 nitrogen and oxygen atoms in total. The van der Waals surface area contributed by atoms with Crippen LogP contribution in [0.3, 0.4) is 0 Å². The fourth-order valence-electron chi connectivity index (χ4n) is 3.73. The molecule has 33 heavy (non-hydrogen) atoms. The van der Waals surface area contributed by atoms with Crippen LogP contribution in [0.4, 0.5) is 13.2 Å². The molecule has 4 atom stereocenters. The Balaban J connectivity index is 2.11. The minimum Gasteiger partial charge on any atom is -0.381 e. The van der Waals surface area contributed by atoms with Crippen molar-refractivity contribution in [3.8, 4) is 0 Å². The number of allylic oxidation sites excluding steroid dienone is 2. The van der Waals surface area contributed by atoms with E-state index in [9.17, 15) is 18.0 Å². The smallest absolute Gasteiger partial charge is 0.381 e. The molecule has 1 N–H and O–H groups in total. The number of hydrogen-bond acceptors (Lipinski definition) is 4. The molecule has 0 radical (unpaired) electrons. The van der Waals surface area contributed by atoms with E-state index in [0.717, 1.165) is 29.9 Å². The third kappa shape index (κ3) is 9.41. The molecule has 0 unspecified atom stereocenters. The summed E-state index contributed by atoms with van der Waals surface area (Å²) in [5, 5.41) is 2.20. The molecule has 0 saturated carbocycles.